The summed E-state index contributed by atoms with van der Waals surface area (Å²) in [7, 11) is 0. The average Bonchev–Trinajstić information content (AvgIpc) is 2.64. The number of carbonyl (C=O) groups excluding carboxylic acids is 1. The summed E-state index contributed by atoms with van der Waals surface area (Å²) in [5.41, 5.74) is 5.82. The van der Waals surface area contributed by atoms with Crippen LogP contribution >= 0.6 is 0 Å². The van der Waals surface area contributed by atoms with Crippen molar-refractivity contribution in [1.82, 2.24) is 5.32 Å². The Morgan fingerprint density at radius 1 is 1.21 bits per heavy atom. The molecular weight excluding hydrogens is 240 g/mol. The lowest BCUT2D eigenvalue weighted by Crippen LogP contribution is -2.48. The Hall–Kier alpha value is -0.610. The SMILES string of the molecule is CC1OC(C)C(C(=O)NC2CCCCC2CN)C1C. The van der Waals surface area contributed by atoms with E-state index in [-0.39, 0.29) is 36.0 Å². The number of amides is 1. The van der Waals surface area contributed by atoms with Crippen LogP contribution < -0.4 is 11.1 Å². The molecule has 0 aromatic carbocycles. The van der Waals surface area contributed by atoms with Gasteiger partial charge in [0.05, 0.1) is 18.1 Å². The molecule has 3 N–H and O–H groups in total. The number of hydrogen-bond donors (Lipinski definition) is 2. The van der Waals surface area contributed by atoms with Crippen molar-refractivity contribution in [2.75, 3.05) is 6.54 Å². The minimum atomic E-state index is -0.0182. The van der Waals surface area contributed by atoms with Crippen LogP contribution in [-0.4, -0.2) is 30.7 Å². The first-order chi connectivity index (χ1) is 9.04. The Kier molecular flexibility index (Phi) is 4.85. The molecular formula is C15H28N2O2. The molecule has 1 aliphatic heterocycles. The molecule has 0 aromatic rings. The topological polar surface area (TPSA) is 64.3 Å². The van der Waals surface area contributed by atoms with Crippen molar-refractivity contribution in [3.05, 3.63) is 0 Å². The van der Waals surface area contributed by atoms with E-state index in [0.717, 1.165) is 12.8 Å². The normalized spacial score (nSPS) is 43.2. The summed E-state index contributed by atoms with van der Waals surface area (Å²) in [4.78, 5) is 12.5. The van der Waals surface area contributed by atoms with Gasteiger partial charge in [0.25, 0.3) is 0 Å². The van der Waals surface area contributed by atoms with Gasteiger partial charge in [-0.2, -0.15) is 0 Å². The van der Waals surface area contributed by atoms with Gasteiger partial charge in [-0.1, -0.05) is 19.8 Å². The van der Waals surface area contributed by atoms with E-state index in [2.05, 4.69) is 19.2 Å². The first-order valence-corrected chi connectivity index (χ1v) is 7.70. The van der Waals surface area contributed by atoms with Crippen LogP contribution in [-0.2, 0) is 9.53 Å². The quantitative estimate of drug-likeness (QED) is 0.818. The smallest absolute Gasteiger partial charge is 0.226 e. The molecule has 1 heterocycles. The fourth-order valence-electron chi connectivity index (χ4n) is 3.68. The van der Waals surface area contributed by atoms with Crippen LogP contribution in [0.2, 0.25) is 0 Å². The number of ether oxygens (including phenoxy) is 1. The summed E-state index contributed by atoms with van der Waals surface area (Å²) < 4.78 is 5.76. The first kappa shape index (κ1) is 14.8. The highest BCUT2D eigenvalue weighted by atomic mass is 16.5. The first-order valence-electron chi connectivity index (χ1n) is 7.70. The highest BCUT2D eigenvalue weighted by Gasteiger charge is 2.42. The van der Waals surface area contributed by atoms with Crippen LogP contribution in [0.5, 0.6) is 0 Å². The van der Waals surface area contributed by atoms with Gasteiger partial charge in [-0.25, -0.2) is 0 Å². The predicted octanol–water partition coefficient (Wildman–Crippen LogP) is 1.68. The molecule has 2 aliphatic rings. The molecule has 6 unspecified atom stereocenters. The summed E-state index contributed by atoms with van der Waals surface area (Å²) >= 11 is 0. The van der Waals surface area contributed by atoms with Crippen LogP contribution in [0.3, 0.4) is 0 Å². The Labute approximate surface area is 116 Å². The minimum absolute atomic E-state index is 0.0182. The van der Waals surface area contributed by atoms with Gasteiger partial charge in [-0.05, 0) is 45.1 Å². The fraction of sp³-hybridized carbons (Fsp3) is 0.933. The molecule has 1 saturated carbocycles. The van der Waals surface area contributed by atoms with Crippen molar-refractivity contribution in [2.45, 2.75) is 64.7 Å². The molecule has 0 spiro atoms. The lowest BCUT2D eigenvalue weighted by atomic mass is 9.83. The van der Waals surface area contributed by atoms with Crippen LogP contribution in [0.4, 0.5) is 0 Å². The monoisotopic (exact) mass is 268 g/mol. The molecule has 2 fully saturated rings. The number of carbonyl (C=O) groups is 1. The van der Waals surface area contributed by atoms with E-state index in [1.807, 2.05) is 6.92 Å². The maximum absolute atomic E-state index is 12.5. The summed E-state index contributed by atoms with van der Waals surface area (Å²) in [6.45, 7) is 6.84. The molecule has 4 heteroatoms. The summed E-state index contributed by atoms with van der Waals surface area (Å²) in [6.07, 6.45) is 4.84. The molecule has 6 atom stereocenters. The molecule has 19 heavy (non-hydrogen) atoms. The third-order valence-electron chi connectivity index (χ3n) is 5.08. The average molecular weight is 268 g/mol. The minimum Gasteiger partial charge on any atom is -0.374 e. The molecule has 2 rings (SSSR count). The second kappa shape index (κ2) is 6.23. The lowest BCUT2D eigenvalue weighted by Gasteiger charge is -2.32. The van der Waals surface area contributed by atoms with Gasteiger partial charge in [0.2, 0.25) is 5.91 Å². The second-order valence-electron chi connectivity index (χ2n) is 6.33. The fourth-order valence-corrected chi connectivity index (χ4v) is 3.68. The molecule has 1 amide bonds. The zero-order valence-corrected chi connectivity index (χ0v) is 12.4. The molecule has 0 radical (unpaired) electrons. The van der Waals surface area contributed by atoms with Gasteiger partial charge in [0, 0.05) is 6.04 Å². The van der Waals surface area contributed by atoms with E-state index in [9.17, 15) is 4.79 Å². The summed E-state index contributed by atoms with van der Waals surface area (Å²) in [5, 5.41) is 3.24. The number of nitrogens with one attached hydrogen (secondary N) is 1. The Balaban J connectivity index is 1.96. The Bertz CT molecular complexity index is 321. The second-order valence-corrected chi connectivity index (χ2v) is 6.33. The molecule has 0 aromatic heterocycles. The number of rotatable bonds is 3. The highest BCUT2D eigenvalue weighted by Crippen LogP contribution is 2.33. The van der Waals surface area contributed by atoms with Crippen molar-refractivity contribution >= 4 is 5.91 Å². The van der Waals surface area contributed by atoms with Crippen molar-refractivity contribution in [1.29, 1.82) is 0 Å². The van der Waals surface area contributed by atoms with E-state index in [1.54, 1.807) is 0 Å². The standard InChI is InChI=1S/C15H28N2O2/c1-9-10(2)19-11(3)14(9)15(18)17-13-7-5-4-6-12(13)8-16/h9-14H,4-8,16H2,1-3H3,(H,17,18). The van der Waals surface area contributed by atoms with Crippen molar-refractivity contribution in [3.63, 3.8) is 0 Å². The van der Waals surface area contributed by atoms with E-state index in [0.29, 0.717) is 12.5 Å². The van der Waals surface area contributed by atoms with Gasteiger partial charge in [-0.15, -0.1) is 0 Å². The van der Waals surface area contributed by atoms with E-state index >= 15 is 0 Å². The van der Waals surface area contributed by atoms with Gasteiger partial charge >= 0.3 is 0 Å². The van der Waals surface area contributed by atoms with Crippen molar-refractivity contribution < 1.29 is 9.53 Å². The van der Waals surface area contributed by atoms with E-state index in [4.69, 9.17) is 10.5 Å². The molecule has 0 bridgehead atoms. The van der Waals surface area contributed by atoms with Crippen LogP contribution in [0.1, 0.15) is 46.5 Å². The zero-order chi connectivity index (χ0) is 14.0. The predicted molar refractivity (Wildman–Crippen MR) is 75.6 cm³/mol. The molecule has 4 nitrogen and oxygen atoms in total. The lowest BCUT2D eigenvalue weighted by molar-refractivity contribution is -0.128. The number of hydrogen-bond acceptors (Lipinski definition) is 3. The van der Waals surface area contributed by atoms with E-state index in [1.165, 1.54) is 12.8 Å². The van der Waals surface area contributed by atoms with Crippen LogP contribution in [0.25, 0.3) is 0 Å². The third-order valence-corrected chi connectivity index (χ3v) is 5.08. The Morgan fingerprint density at radius 2 is 1.89 bits per heavy atom. The van der Waals surface area contributed by atoms with Gasteiger partial charge < -0.3 is 15.8 Å². The highest BCUT2D eigenvalue weighted by molar-refractivity contribution is 5.80. The van der Waals surface area contributed by atoms with Gasteiger partial charge in [0.15, 0.2) is 0 Å². The zero-order valence-electron chi connectivity index (χ0n) is 12.4. The van der Waals surface area contributed by atoms with Crippen molar-refractivity contribution in [3.8, 4) is 0 Å². The largest absolute Gasteiger partial charge is 0.374 e. The van der Waals surface area contributed by atoms with E-state index < -0.39 is 0 Å². The molecule has 110 valence electrons. The van der Waals surface area contributed by atoms with Crippen LogP contribution in [0, 0.1) is 17.8 Å². The molecule has 1 aliphatic carbocycles. The number of nitrogens with two attached hydrogens (primary N) is 1. The maximum atomic E-state index is 12.5. The van der Waals surface area contributed by atoms with Crippen LogP contribution in [0.15, 0.2) is 0 Å². The maximum Gasteiger partial charge on any atom is 0.226 e. The third kappa shape index (κ3) is 3.11. The molecule has 1 saturated heterocycles. The van der Waals surface area contributed by atoms with Crippen molar-refractivity contribution in [2.24, 2.45) is 23.5 Å². The summed E-state index contributed by atoms with van der Waals surface area (Å²) in [5.74, 6) is 0.878. The van der Waals surface area contributed by atoms with Gasteiger partial charge in [0.1, 0.15) is 0 Å². The Morgan fingerprint density at radius 3 is 2.47 bits per heavy atom. The summed E-state index contributed by atoms with van der Waals surface area (Å²) in [6, 6.07) is 0.265. The van der Waals surface area contributed by atoms with Gasteiger partial charge in [-0.3, -0.25) is 4.79 Å².